The van der Waals surface area contributed by atoms with Crippen molar-refractivity contribution in [3.8, 4) is 23.0 Å². The van der Waals surface area contributed by atoms with E-state index in [1.54, 1.807) is 38.5 Å². The Balaban J connectivity index is 1.49. The number of amides is 1. The van der Waals surface area contributed by atoms with Gasteiger partial charge in [0.05, 0.1) is 14.2 Å². The van der Waals surface area contributed by atoms with E-state index in [9.17, 15) is 9.59 Å². The van der Waals surface area contributed by atoms with Crippen LogP contribution in [0.5, 0.6) is 23.0 Å². The normalized spacial score (nSPS) is 13.2. The number of fused-ring (bicyclic) bond motifs is 1. The zero-order chi connectivity index (χ0) is 21.5. The van der Waals surface area contributed by atoms with Gasteiger partial charge >= 0.3 is 5.97 Å². The highest BCUT2D eigenvalue weighted by atomic mass is 16.6. The van der Waals surface area contributed by atoms with Crippen molar-refractivity contribution < 1.29 is 33.3 Å². The summed E-state index contributed by atoms with van der Waals surface area (Å²) in [4.78, 5) is 24.5. The minimum absolute atomic E-state index is 0.136. The van der Waals surface area contributed by atoms with E-state index in [1.807, 2.05) is 12.1 Å². The number of rotatable bonds is 8. The summed E-state index contributed by atoms with van der Waals surface area (Å²) in [5.41, 5.74) is 1.44. The molecule has 160 valence electrons. The molecule has 0 spiro atoms. The summed E-state index contributed by atoms with van der Waals surface area (Å²) in [6, 6.07) is 10.6. The summed E-state index contributed by atoms with van der Waals surface area (Å²) < 4.78 is 26.7. The van der Waals surface area contributed by atoms with Crippen LogP contribution in [-0.4, -0.2) is 45.4 Å². The molecule has 1 amide bonds. The number of carbonyl (C=O) groups is 2. The molecule has 0 unspecified atom stereocenters. The molecule has 1 atom stereocenters. The molecule has 3 rings (SSSR count). The minimum atomic E-state index is -0.934. The smallest absolute Gasteiger partial charge is 0.306 e. The van der Waals surface area contributed by atoms with Crippen LogP contribution in [0.2, 0.25) is 0 Å². The molecule has 0 bridgehead atoms. The van der Waals surface area contributed by atoms with Gasteiger partial charge in [0.2, 0.25) is 0 Å². The highest BCUT2D eigenvalue weighted by molar-refractivity contribution is 5.95. The molecule has 1 N–H and O–H groups in total. The molecular formula is C22H25NO7. The molecule has 1 aliphatic heterocycles. The average molecular weight is 415 g/mol. The fourth-order valence-corrected chi connectivity index (χ4v) is 2.96. The quantitative estimate of drug-likeness (QED) is 0.663. The number of esters is 1. The van der Waals surface area contributed by atoms with Crippen molar-refractivity contribution >= 4 is 17.6 Å². The van der Waals surface area contributed by atoms with Crippen LogP contribution >= 0.6 is 0 Å². The van der Waals surface area contributed by atoms with Crippen molar-refractivity contribution in [1.29, 1.82) is 0 Å². The van der Waals surface area contributed by atoms with E-state index in [-0.39, 0.29) is 6.42 Å². The number of anilines is 1. The van der Waals surface area contributed by atoms with Gasteiger partial charge in [0.15, 0.2) is 29.1 Å². The van der Waals surface area contributed by atoms with Crippen LogP contribution in [0.25, 0.3) is 0 Å². The van der Waals surface area contributed by atoms with Crippen LogP contribution < -0.4 is 24.3 Å². The number of benzene rings is 2. The molecule has 2 aromatic carbocycles. The van der Waals surface area contributed by atoms with Crippen LogP contribution in [0.15, 0.2) is 36.4 Å². The van der Waals surface area contributed by atoms with E-state index in [2.05, 4.69) is 5.32 Å². The molecule has 0 aromatic heterocycles. The fraction of sp³-hybridized carbons (Fsp3) is 0.364. The lowest BCUT2D eigenvalue weighted by Crippen LogP contribution is -2.30. The molecule has 0 saturated carbocycles. The van der Waals surface area contributed by atoms with E-state index in [4.69, 9.17) is 23.7 Å². The first-order valence-electron chi connectivity index (χ1n) is 9.61. The average Bonchev–Trinajstić information content (AvgIpc) is 2.77. The maximum absolute atomic E-state index is 12.4. The number of carbonyl (C=O) groups excluding carboxylic acids is 2. The topological polar surface area (TPSA) is 92.3 Å². The van der Waals surface area contributed by atoms with Crippen LogP contribution in [-0.2, 0) is 20.7 Å². The monoisotopic (exact) mass is 415 g/mol. The molecule has 0 saturated heterocycles. The Hall–Kier alpha value is -3.42. The molecule has 0 radical (unpaired) electrons. The molecule has 30 heavy (non-hydrogen) atoms. The van der Waals surface area contributed by atoms with Gasteiger partial charge in [-0.15, -0.1) is 0 Å². The van der Waals surface area contributed by atoms with E-state index in [0.29, 0.717) is 48.3 Å². The van der Waals surface area contributed by atoms with Gasteiger partial charge in [-0.2, -0.15) is 0 Å². The Morgan fingerprint density at radius 1 is 1.00 bits per heavy atom. The standard InChI is InChI=1S/C22H25NO7/c1-14(22(25)23-16-6-8-18-20(13-16)29-11-10-28-18)30-21(24)9-5-15-4-7-17(26-2)19(12-15)27-3/h4,6-8,12-14H,5,9-11H2,1-3H3,(H,23,25)/t14-/m0/s1. The summed E-state index contributed by atoms with van der Waals surface area (Å²) in [5.74, 6) is 1.53. The lowest BCUT2D eigenvalue weighted by atomic mass is 10.1. The Kier molecular flexibility index (Phi) is 7.00. The molecule has 0 fully saturated rings. The molecular weight excluding hydrogens is 390 g/mol. The first-order chi connectivity index (χ1) is 14.5. The van der Waals surface area contributed by atoms with Crippen molar-refractivity contribution in [2.24, 2.45) is 0 Å². The predicted octanol–water partition coefficient (Wildman–Crippen LogP) is 2.98. The summed E-state index contributed by atoms with van der Waals surface area (Å²) >= 11 is 0. The van der Waals surface area contributed by atoms with Gasteiger partial charge in [-0.3, -0.25) is 9.59 Å². The third-order valence-electron chi connectivity index (χ3n) is 4.55. The fourth-order valence-electron chi connectivity index (χ4n) is 2.96. The van der Waals surface area contributed by atoms with E-state index >= 15 is 0 Å². The first kappa shape index (κ1) is 21.3. The minimum Gasteiger partial charge on any atom is -0.493 e. The van der Waals surface area contributed by atoms with Crippen molar-refractivity contribution in [3.63, 3.8) is 0 Å². The highest BCUT2D eigenvalue weighted by Crippen LogP contribution is 2.32. The van der Waals surface area contributed by atoms with Crippen LogP contribution in [0.1, 0.15) is 18.9 Å². The van der Waals surface area contributed by atoms with Crippen molar-refractivity contribution in [2.75, 3.05) is 32.8 Å². The molecule has 8 nitrogen and oxygen atoms in total. The summed E-state index contributed by atoms with van der Waals surface area (Å²) in [5, 5.41) is 2.72. The maximum atomic E-state index is 12.4. The SMILES string of the molecule is COc1ccc(CCC(=O)O[C@@H](C)C(=O)Nc2ccc3c(c2)OCCO3)cc1OC. The number of hydrogen-bond donors (Lipinski definition) is 1. The highest BCUT2D eigenvalue weighted by Gasteiger charge is 2.19. The molecule has 0 aliphatic carbocycles. The molecule has 8 heteroatoms. The lowest BCUT2D eigenvalue weighted by Gasteiger charge is -2.19. The van der Waals surface area contributed by atoms with Crippen LogP contribution in [0.3, 0.4) is 0 Å². The molecule has 2 aromatic rings. The van der Waals surface area contributed by atoms with Gasteiger partial charge in [0.1, 0.15) is 13.2 Å². The number of hydrogen-bond acceptors (Lipinski definition) is 7. The van der Waals surface area contributed by atoms with Crippen molar-refractivity contribution in [1.82, 2.24) is 0 Å². The molecule has 1 heterocycles. The predicted molar refractivity (Wildman–Crippen MR) is 109 cm³/mol. The van der Waals surface area contributed by atoms with Gasteiger partial charge in [0, 0.05) is 18.2 Å². The third kappa shape index (κ3) is 5.34. The van der Waals surface area contributed by atoms with Gasteiger partial charge in [-0.1, -0.05) is 6.07 Å². The van der Waals surface area contributed by atoms with Crippen molar-refractivity contribution in [2.45, 2.75) is 25.9 Å². The van der Waals surface area contributed by atoms with Crippen molar-refractivity contribution in [3.05, 3.63) is 42.0 Å². The summed E-state index contributed by atoms with van der Waals surface area (Å²) in [6.45, 7) is 2.48. The first-order valence-corrected chi connectivity index (χ1v) is 9.61. The van der Waals surface area contributed by atoms with Gasteiger partial charge in [-0.05, 0) is 43.2 Å². The van der Waals surface area contributed by atoms with E-state index < -0.39 is 18.0 Å². The Morgan fingerprint density at radius 2 is 1.73 bits per heavy atom. The zero-order valence-electron chi connectivity index (χ0n) is 17.2. The van der Waals surface area contributed by atoms with E-state index in [0.717, 1.165) is 5.56 Å². The van der Waals surface area contributed by atoms with Crippen LogP contribution in [0.4, 0.5) is 5.69 Å². The maximum Gasteiger partial charge on any atom is 0.306 e. The Morgan fingerprint density at radius 3 is 2.47 bits per heavy atom. The second-order valence-corrected chi connectivity index (χ2v) is 6.67. The van der Waals surface area contributed by atoms with E-state index in [1.165, 1.54) is 6.92 Å². The van der Waals surface area contributed by atoms with Gasteiger partial charge in [-0.25, -0.2) is 0 Å². The molecule has 1 aliphatic rings. The summed E-state index contributed by atoms with van der Waals surface area (Å²) in [7, 11) is 3.12. The second kappa shape index (κ2) is 9.87. The number of methoxy groups -OCH3 is 2. The zero-order valence-corrected chi connectivity index (χ0v) is 17.2. The van der Waals surface area contributed by atoms with Gasteiger partial charge < -0.3 is 29.0 Å². The largest absolute Gasteiger partial charge is 0.493 e. The van der Waals surface area contributed by atoms with Gasteiger partial charge in [0.25, 0.3) is 5.91 Å². The number of nitrogens with one attached hydrogen (secondary N) is 1. The number of ether oxygens (including phenoxy) is 5. The Bertz CT molecular complexity index is 912. The lowest BCUT2D eigenvalue weighted by molar-refractivity contribution is -0.153. The summed E-state index contributed by atoms with van der Waals surface area (Å²) in [6.07, 6.45) is -0.344. The second-order valence-electron chi connectivity index (χ2n) is 6.67. The Labute approximate surface area is 175 Å². The van der Waals surface area contributed by atoms with Crippen LogP contribution in [0, 0.1) is 0 Å². The number of aryl methyl sites for hydroxylation is 1. The third-order valence-corrected chi connectivity index (χ3v) is 4.55.